The molecule has 14 nitrogen and oxygen atoms in total. The zero-order valence-corrected chi connectivity index (χ0v) is 35.1. The van der Waals surface area contributed by atoms with E-state index in [1.54, 1.807) is 36.4 Å². The van der Waals surface area contributed by atoms with Crippen LogP contribution in [0, 0.1) is 0 Å². The van der Waals surface area contributed by atoms with Crippen LogP contribution in [0.2, 0.25) is 0 Å². The van der Waals surface area contributed by atoms with E-state index >= 15 is 0 Å². The van der Waals surface area contributed by atoms with Gasteiger partial charge in [-0.25, -0.2) is 21.6 Å². The number of aliphatic hydroxyl groups excluding tert-OH is 1. The predicted octanol–water partition coefficient (Wildman–Crippen LogP) is 6.63. The maximum atomic E-state index is 11.9. The van der Waals surface area contributed by atoms with Crippen LogP contribution < -0.4 is 16.5 Å². The number of rotatable bonds is 14. The number of nitrogens with one attached hydrogen (secondary N) is 1. The third-order valence-corrected chi connectivity index (χ3v) is 10.7. The van der Waals surface area contributed by atoms with Gasteiger partial charge in [0.05, 0.1) is 19.2 Å². The van der Waals surface area contributed by atoms with Crippen LogP contribution >= 0.6 is 0 Å². The molecule has 4 aromatic carbocycles. The van der Waals surface area contributed by atoms with Crippen LogP contribution in [0.5, 0.6) is 5.75 Å². The minimum Gasteiger partial charge on any atom is -0.504 e. The fourth-order valence-corrected chi connectivity index (χ4v) is 7.36. The number of carbonyl (C=O) groups excluding carboxylic acids is 2. The minimum atomic E-state index is -3.39. The molecule has 1 aromatic heterocycles. The molecular weight excluding hydrogens is 825 g/mol. The van der Waals surface area contributed by atoms with Gasteiger partial charge in [0.15, 0.2) is 31.2 Å². The van der Waals surface area contributed by atoms with Crippen molar-refractivity contribution in [3.05, 3.63) is 177 Å². The van der Waals surface area contributed by atoms with E-state index in [9.17, 15) is 41.4 Å². The number of nitrogens with two attached hydrogens (primary N) is 1. The van der Waals surface area contributed by atoms with Gasteiger partial charge in [-0.2, -0.15) is 0 Å². The lowest BCUT2D eigenvalue weighted by Crippen LogP contribution is -2.13. The Kier molecular flexibility index (Phi) is 14.4. The molecule has 0 saturated heterocycles. The molecule has 0 radical (unpaired) electrons. The summed E-state index contributed by atoms with van der Waals surface area (Å²) in [5.74, 6) is -1.67. The molecule has 0 atom stereocenters. The quantitative estimate of drug-likeness (QED) is 0.0861. The number of esters is 1. The van der Waals surface area contributed by atoms with Crippen LogP contribution in [-0.4, -0.2) is 64.3 Å². The maximum Gasteiger partial charge on any atom is 0.337 e. The Morgan fingerprint density at radius 2 is 1.26 bits per heavy atom. The summed E-state index contributed by atoms with van der Waals surface area (Å²) < 4.78 is 61.6. The number of methoxy groups -OCH3 is 1. The summed E-state index contributed by atoms with van der Waals surface area (Å²) in [7, 11) is -5.32. The van der Waals surface area contributed by atoms with Gasteiger partial charge < -0.3 is 35.2 Å². The average molecular weight is 869 g/mol. The smallest absolute Gasteiger partial charge is 0.337 e. The second-order valence-electron chi connectivity index (χ2n) is 14.1. The highest BCUT2D eigenvalue weighted by molar-refractivity contribution is 7.90. The van der Waals surface area contributed by atoms with Crippen LogP contribution in [0.3, 0.4) is 0 Å². The monoisotopic (exact) mass is 868 g/mol. The Balaban J connectivity index is 0.000000231. The van der Waals surface area contributed by atoms with Gasteiger partial charge in [0.1, 0.15) is 28.8 Å². The first-order valence-corrected chi connectivity index (χ1v) is 22.6. The molecule has 0 spiro atoms. The summed E-state index contributed by atoms with van der Waals surface area (Å²) in [6.45, 7) is 3.75. The van der Waals surface area contributed by atoms with Gasteiger partial charge in [0, 0.05) is 41.8 Å². The van der Waals surface area contributed by atoms with E-state index in [4.69, 9.17) is 14.9 Å². The summed E-state index contributed by atoms with van der Waals surface area (Å²) in [5.41, 5.74) is 11.4. The van der Waals surface area contributed by atoms with E-state index in [1.165, 1.54) is 13.2 Å². The normalized spacial score (nSPS) is 12.7. The van der Waals surface area contributed by atoms with Crippen molar-refractivity contribution < 1.29 is 50.5 Å². The van der Waals surface area contributed by atoms with E-state index < -0.39 is 48.5 Å². The fraction of sp³-hybridized carbons (Fsp3) is 0.178. The van der Waals surface area contributed by atoms with Crippen molar-refractivity contribution in [2.45, 2.75) is 25.1 Å². The van der Waals surface area contributed by atoms with Crippen LogP contribution in [-0.2, 0) is 47.9 Å². The van der Waals surface area contributed by atoms with Gasteiger partial charge in [-0.1, -0.05) is 67.2 Å². The number of sulfone groups is 2. The molecule has 0 aliphatic carbocycles. The van der Waals surface area contributed by atoms with Crippen molar-refractivity contribution in [1.29, 1.82) is 0 Å². The third kappa shape index (κ3) is 13.0. The Morgan fingerprint density at radius 1 is 0.754 bits per heavy atom. The van der Waals surface area contributed by atoms with E-state index in [0.717, 1.165) is 46.4 Å². The Bertz CT molecular complexity index is 2770. The van der Waals surface area contributed by atoms with Gasteiger partial charge in [0.2, 0.25) is 17.1 Å². The van der Waals surface area contributed by atoms with Crippen molar-refractivity contribution in [2.75, 3.05) is 30.7 Å². The standard InChI is InChI=1S/C23H23NO5S.C22H21NO7S/c1-15-13-20(14-30(2,27)28)29-21(22(15)25)12-5-16-3-6-17(7-4-16)18-8-10-19(11-9-18)23(24)26;1-29-22(26)16-5-3-14(4-6-16)15-7-9-17(10-8-15)23-12-20-21(25)19(24)11-18(30-20)13-31(2,27)28/h3-4,6-11,13,25H,1,5,12,14H2,2H3,(H2,24,26);3-11,23,25H,12-13H2,1-2H3. The molecule has 0 fully saturated rings. The van der Waals surface area contributed by atoms with Crippen LogP contribution in [0.1, 0.15) is 44.2 Å². The highest BCUT2D eigenvalue weighted by Crippen LogP contribution is 2.29. The van der Waals surface area contributed by atoms with Crippen LogP contribution in [0.15, 0.2) is 148 Å². The zero-order chi connectivity index (χ0) is 44.5. The Hall–Kier alpha value is -6.91. The van der Waals surface area contributed by atoms with E-state index in [1.807, 2.05) is 60.7 Å². The van der Waals surface area contributed by atoms with Gasteiger partial charge in [-0.15, -0.1) is 0 Å². The number of anilines is 1. The largest absolute Gasteiger partial charge is 0.504 e. The lowest BCUT2D eigenvalue weighted by molar-refractivity contribution is 0.0600. The number of aryl methyl sites for hydroxylation is 1. The molecule has 16 heteroatoms. The van der Waals surface area contributed by atoms with Crippen molar-refractivity contribution in [3.8, 4) is 28.0 Å². The summed E-state index contributed by atoms with van der Waals surface area (Å²) >= 11 is 0. The third-order valence-electron chi connectivity index (χ3n) is 9.09. The number of primary amides is 1. The number of aliphatic hydroxyl groups is 1. The number of ether oxygens (including phenoxy) is 2. The topological polar surface area (TPSA) is 230 Å². The number of aromatic hydroxyl groups is 1. The van der Waals surface area contributed by atoms with E-state index in [0.29, 0.717) is 41.0 Å². The summed E-state index contributed by atoms with van der Waals surface area (Å²) in [6, 6.07) is 30.3. The molecule has 61 heavy (non-hydrogen) atoms. The Labute approximate surface area is 353 Å². The molecule has 2 heterocycles. The van der Waals surface area contributed by atoms with Crippen molar-refractivity contribution >= 4 is 37.2 Å². The molecule has 0 saturated carbocycles. The van der Waals surface area contributed by atoms with Crippen molar-refractivity contribution in [1.82, 2.24) is 0 Å². The maximum absolute atomic E-state index is 11.9. The van der Waals surface area contributed by atoms with E-state index in [-0.39, 0.29) is 35.3 Å². The molecule has 6 rings (SSSR count). The molecule has 5 N–H and O–H groups in total. The molecule has 1 aliphatic rings. The first kappa shape index (κ1) is 45.2. The lowest BCUT2D eigenvalue weighted by atomic mass is 10.00. The second-order valence-corrected chi connectivity index (χ2v) is 18.4. The van der Waals surface area contributed by atoms with Crippen LogP contribution in [0.25, 0.3) is 22.3 Å². The van der Waals surface area contributed by atoms with Crippen molar-refractivity contribution in [2.24, 2.45) is 5.73 Å². The number of allylic oxidation sites excluding steroid dienone is 2. The SMILES string of the molecule is C=C1C=C(CS(C)(=O)=O)OC(CCc2ccc(-c3ccc(C(N)=O)cc3)cc2)=C1O.COC(=O)c1ccc(-c2ccc(NCc3oc(CS(C)(=O)=O)cc(=O)c3O)cc2)cc1. The number of benzene rings is 4. The number of amides is 1. The molecule has 5 aromatic rings. The molecule has 0 bridgehead atoms. The molecular formula is C45H44N2O12S2. The minimum absolute atomic E-state index is 0.00809. The van der Waals surface area contributed by atoms with Crippen molar-refractivity contribution in [3.63, 3.8) is 0 Å². The zero-order valence-electron chi connectivity index (χ0n) is 33.5. The molecule has 1 aliphatic heterocycles. The van der Waals surface area contributed by atoms with Gasteiger partial charge >= 0.3 is 5.97 Å². The summed E-state index contributed by atoms with van der Waals surface area (Å²) in [4.78, 5) is 34.6. The molecule has 0 unspecified atom stereocenters. The highest BCUT2D eigenvalue weighted by Gasteiger charge is 2.21. The fourth-order valence-electron chi connectivity index (χ4n) is 6.04. The lowest BCUT2D eigenvalue weighted by Gasteiger charge is -2.20. The number of hydrogen-bond donors (Lipinski definition) is 4. The molecule has 318 valence electrons. The predicted molar refractivity (Wildman–Crippen MR) is 232 cm³/mol. The number of hydrogen-bond acceptors (Lipinski definition) is 13. The first-order chi connectivity index (χ1) is 28.8. The second kappa shape index (κ2) is 19.4. The Morgan fingerprint density at radius 3 is 1.77 bits per heavy atom. The average Bonchev–Trinajstić information content (AvgIpc) is 3.21. The van der Waals surface area contributed by atoms with Gasteiger partial charge in [0.25, 0.3) is 0 Å². The highest BCUT2D eigenvalue weighted by atomic mass is 32.2. The van der Waals surface area contributed by atoms with E-state index in [2.05, 4.69) is 16.6 Å². The van der Waals surface area contributed by atoms with Gasteiger partial charge in [-0.05, 0) is 76.7 Å². The number of carbonyl (C=O) groups is 2. The van der Waals surface area contributed by atoms with Gasteiger partial charge in [-0.3, -0.25) is 9.59 Å². The first-order valence-electron chi connectivity index (χ1n) is 18.5. The summed E-state index contributed by atoms with van der Waals surface area (Å²) in [6.07, 6.45) is 4.60. The van der Waals surface area contributed by atoms with Crippen LogP contribution in [0.4, 0.5) is 5.69 Å². The molecule has 1 amide bonds. The summed E-state index contributed by atoms with van der Waals surface area (Å²) in [5, 5.41) is 23.2.